The predicted octanol–water partition coefficient (Wildman–Crippen LogP) is 1.75. The van der Waals surface area contributed by atoms with Crippen molar-refractivity contribution in [3.63, 3.8) is 0 Å². The first-order valence-corrected chi connectivity index (χ1v) is 10.7. The Hall–Kier alpha value is -4.14. The van der Waals surface area contributed by atoms with E-state index in [0.29, 0.717) is 30.7 Å². The van der Waals surface area contributed by atoms with E-state index in [1.54, 1.807) is 23.1 Å². The molecule has 9 heteroatoms. The van der Waals surface area contributed by atoms with Crippen molar-refractivity contribution in [3.05, 3.63) is 72.2 Å². The number of piperidine rings is 1. The van der Waals surface area contributed by atoms with Crippen LogP contribution in [0, 0.1) is 5.92 Å². The van der Waals surface area contributed by atoms with E-state index in [2.05, 4.69) is 16.2 Å². The molecular weight excluding hydrogens is 424 g/mol. The summed E-state index contributed by atoms with van der Waals surface area (Å²) in [5, 5.41) is 4.23. The Bertz CT molecular complexity index is 1170. The van der Waals surface area contributed by atoms with E-state index in [4.69, 9.17) is 4.42 Å². The fourth-order valence-electron chi connectivity index (χ4n) is 3.90. The van der Waals surface area contributed by atoms with Crippen molar-refractivity contribution in [2.24, 2.45) is 5.92 Å². The first-order chi connectivity index (χ1) is 16.0. The molecule has 0 saturated carbocycles. The summed E-state index contributed by atoms with van der Waals surface area (Å²) < 4.78 is 5.08. The Kier molecular flexibility index (Phi) is 6.68. The molecule has 1 aromatic heterocycles. The molecule has 2 aromatic carbocycles. The van der Waals surface area contributed by atoms with Crippen LogP contribution < -0.4 is 16.2 Å². The molecule has 3 aromatic rings. The Labute approximate surface area is 190 Å². The van der Waals surface area contributed by atoms with Gasteiger partial charge in [0, 0.05) is 18.7 Å². The largest absolute Gasteiger partial charge is 0.467 e. The molecule has 1 fully saturated rings. The van der Waals surface area contributed by atoms with Crippen LogP contribution in [0.4, 0.5) is 0 Å². The van der Waals surface area contributed by atoms with E-state index >= 15 is 0 Å². The summed E-state index contributed by atoms with van der Waals surface area (Å²) in [4.78, 5) is 51.2. The molecule has 9 nitrogen and oxygen atoms in total. The minimum atomic E-state index is -0.991. The summed E-state index contributed by atoms with van der Waals surface area (Å²) >= 11 is 0. The van der Waals surface area contributed by atoms with Crippen molar-refractivity contribution < 1.29 is 23.6 Å². The normalized spacial score (nSPS) is 15.6. The number of carbonyl (C=O) groups excluding carboxylic acids is 4. The first-order valence-electron chi connectivity index (χ1n) is 10.7. The molecule has 0 radical (unpaired) electrons. The number of fused-ring (bicyclic) bond motifs is 1. The average molecular weight is 448 g/mol. The van der Waals surface area contributed by atoms with Gasteiger partial charge in [-0.05, 0) is 41.8 Å². The van der Waals surface area contributed by atoms with Gasteiger partial charge in [-0.15, -0.1) is 0 Å². The summed E-state index contributed by atoms with van der Waals surface area (Å²) in [6.07, 6.45) is 2.69. The van der Waals surface area contributed by atoms with Crippen LogP contribution in [0.2, 0.25) is 0 Å². The summed E-state index contributed by atoms with van der Waals surface area (Å²) in [6, 6.07) is 16.6. The highest BCUT2D eigenvalue weighted by molar-refractivity contribution is 6.35. The average Bonchev–Trinajstić information content (AvgIpc) is 3.38. The van der Waals surface area contributed by atoms with Gasteiger partial charge in [-0.2, -0.15) is 0 Å². The summed E-state index contributed by atoms with van der Waals surface area (Å²) in [5.74, 6) is -2.47. The van der Waals surface area contributed by atoms with Crippen LogP contribution in [-0.4, -0.2) is 41.6 Å². The van der Waals surface area contributed by atoms with Gasteiger partial charge in [0.1, 0.15) is 5.76 Å². The zero-order valence-corrected chi connectivity index (χ0v) is 17.9. The Morgan fingerprint density at radius 2 is 1.76 bits per heavy atom. The molecule has 3 N–H and O–H groups in total. The highest BCUT2D eigenvalue weighted by atomic mass is 16.3. The number of hydrogen-bond acceptors (Lipinski definition) is 5. The molecule has 170 valence electrons. The van der Waals surface area contributed by atoms with Gasteiger partial charge in [0.2, 0.25) is 5.91 Å². The van der Waals surface area contributed by atoms with Crippen LogP contribution >= 0.6 is 0 Å². The maximum atomic E-state index is 13.2. The molecule has 4 rings (SSSR count). The van der Waals surface area contributed by atoms with Gasteiger partial charge in [-0.3, -0.25) is 30.0 Å². The van der Waals surface area contributed by atoms with Crippen molar-refractivity contribution in [1.29, 1.82) is 0 Å². The van der Waals surface area contributed by atoms with E-state index in [1.165, 1.54) is 6.26 Å². The lowest BCUT2D eigenvalue weighted by atomic mass is 9.96. The number of hydrogen-bond donors (Lipinski definition) is 3. The zero-order chi connectivity index (χ0) is 23.2. The van der Waals surface area contributed by atoms with Crippen molar-refractivity contribution >= 4 is 34.4 Å². The Morgan fingerprint density at radius 1 is 0.939 bits per heavy atom. The van der Waals surface area contributed by atoms with Crippen LogP contribution in [0.3, 0.4) is 0 Å². The lowest BCUT2D eigenvalue weighted by Gasteiger charge is -2.32. The molecular formula is C24H24N4O5. The fraction of sp³-hybridized carbons (Fsp3) is 0.250. The van der Waals surface area contributed by atoms with E-state index < -0.39 is 23.6 Å². The second-order valence-corrected chi connectivity index (χ2v) is 7.82. The van der Waals surface area contributed by atoms with Crippen molar-refractivity contribution in [1.82, 2.24) is 21.1 Å². The number of amides is 4. The maximum absolute atomic E-state index is 13.2. The van der Waals surface area contributed by atoms with E-state index in [-0.39, 0.29) is 19.0 Å². The van der Waals surface area contributed by atoms with Crippen LogP contribution in [0.1, 0.15) is 29.0 Å². The van der Waals surface area contributed by atoms with Crippen LogP contribution in [0.25, 0.3) is 10.8 Å². The number of hydrazine groups is 1. The van der Waals surface area contributed by atoms with Crippen LogP contribution in [-0.2, 0) is 20.9 Å². The summed E-state index contributed by atoms with van der Waals surface area (Å²) in [7, 11) is 0. The van der Waals surface area contributed by atoms with E-state index in [1.807, 2.05) is 36.4 Å². The molecule has 0 spiro atoms. The third-order valence-corrected chi connectivity index (χ3v) is 5.61. The molecule has 4 amide bonds. The molecule has 1 aliphatic rings. The zero-order valence-electron chi connectivity index (χ0n) is 17.9. The molecule has 0 aliphatic carbocycles. The number of benzene rings is 2. The number of furan rings is 1. The lowest BCUT2D eigenvalue weighted by Crippen LogP contribution is -2.52. The van der Waals surface area contributed by atoms with Gasteiger partial charge in [0.15, 0.2) is 0 Å². The predicted molar refractivity (Wildman–Crippen MR) is 119 cm³/mol. The van der Waals surface area contributed by atoms with Gasteiger partial charge >= 0.3 is 11.8 Å². The summed E-state index contributed by atoms with van der Waals surface area (Å²) in [6.45, 7) is 0.836. The third kappa shape index (κ3) is 5.20. The number of carbonyl (C=O) groups is 4. The van der Waals surface area contributed by atoms with Gasteiger partial charge in [-0.25, -0.2) is 0 Å². The minimum absolute atomic E-state index is 0.0566. The standard InChI is InChI=1S/C24H24N4O5/c29-21(26-27-23(31)22(30)25-14-18-9-5-13-33-18)17-8-4-12-28(15-17)24(32)20-11-3-7-16-6-1-2-10-19(16)20/h1-3,5-7,9-11,13,17H,4,8,12,14-15H2,(H,25,30)(H,26,29)(H,27,31)/t17-/m1/s1. The lowest BCUT2D eigenvalue weighted by molar-refractivity contribution is -0.141. The van der Waals surface area contributed by atoms with E-state index in [9.17, 15) is 19.2 Å². The highest BCUT2D eigenvalue weighted by Crippen LogP contribution is 2.23. The maximum Gasteiger partial charge on any atom is 0.327 e. The fourth-order valence-corrected chi connectivity index (χ4v) is 3.90. The van der Waals surface area contributed by atoms with Gasteiger partial charge in [0.25, 0.3) is 5.91 Å². The van der Waals surface area contributed by atoms with Crippen molar-refractivity contribution in [2.75, 3.05) is 13.1 Å². The van der Waals surface area contributed by atoms with Gasteiger partial charge in [-0.1, -0.05) is 36.4 Å². The highest BCUT2D eigenvalue weighted by Gasteiger charge is 2.30. The Balaban J connectivity index is 1.31. The molecule has 2 heterocycles. The van der Waals surface area contributed by atoms with E-state index in [0.717, 1.165) is 10.8 Å². The smallest absolute Gasteiger partial charge is 0.327 e. The van der Waals surface area contributed by atoms with Crippen molar-refractivity contribution in [3.8, 4) is 0 Å². The number of likely N-dealkylation sites (tertiary alicyclic amines) is 1. The summed E-state index contributed by atoms with van der Waals surface area (Å²) in [5.41, 5.74) is 5.01. The van der Waals surface area contributed by atoms with Crippen LogP contribution in [0.5, 0.6) is 0 Å². The number of rotatable bonds is 4. The third-order valence-electron chi connectivity index (χ3n) is 5.61. The molecule has 1 saturated heterocycles. The molecule has 1 aliphatic heterocycles. The second-order valence-electron chi connectivity index (χ2n) is 7.82. The molecule has 1 atom stereocenters. The first kappa shape index (κ1) is 22.1. The topological polar surface area (TPSA) is 121 Å². The molecule has 33 heavy (non-hydrogen) atoms. The van der Waals surface area contributed by atoms with Crippen LogP contribution in [0.15, 0.2) is 65.3 Å². The molecule has 0 bridgehead atoms. The minimum Gasteiger partial charge on any atom is -0.467 e. The number of nitrogens with one attached hydrogen (secondary N) is 3. The Morgan fingerprint density at radius 3 is 2.58 bits per heavy atom. The number of nitrogens with zero attached hydrogens (tertiary/aromatic N) is 1. The molecule has 0 unspecified atom stereocenters. The SMILES string of the molecule is O=C(NCc1ccco1)C(=O)NNC(=O)[C@@H]1CCCN(C(=O)c2cccc3ccccc23)C1. The quantitative estimate of drug-likeness (QED) is 0.415. The van der Waals surface area contributed by atoms with Gasteiger partial charge in [0.05, 0.1) is 18.7 Å². The second kappa shape index (κ2) is 9.99. The van der Waals surface area contributed by atoms with Crippen molar-refractivity contribution in [2.45, 2.75) is 19.4 Å². The monoisotopic (exact) mass is 448 g/mol. The van der Waals surface area contributed by atoms with Gasteiger partial charge < -0.3 is 14.6 Å².